The van der Waals surface area contributed by atoms with E-state index in [1.165, 1.54) is 46.9 Å². The number of hydrogen-bond acceptors (Lipinski definition) is 5. The van der Waals surface area contributed by atoms with Crippen LogP contribution in [0.15, 0.2) is 35.2 Å². The van der Waals surface area contributed by atoms with Crippen LogP contribution in [-0.4, -0.2) is 29.0 Å². The van der Waals surface area contributed by atoms with E-state index in [1.54, 1.807) is 22.6 Å². The molecule has 0 saturated carbocycles. The van der Waals surface area contributed by atoms with E-state index in [0.29, 0.717) is 0 Å². The quantitative estimate of drug-likeness (QED) is 0.311. The fourth-order valence-corrected chi connectivity index (χ4v) is 4.50. The highest BCUT2D eigenvalue weighted by molar-refractivity contribution is 14.1. The molecule has 0 saturated heterocycles. The highest BCUT2D eigenvalue weighted by Gasteiger charge is 2.27. The minimum absolute atomic E-state index is 0.0898. The average Bonchev–Trinajstić information content (AvgIpc) is 2.42. The average molecular weight is 546 g/mol. The summed E-state index contributed by atoms with van der Waals surface area (Å²) in [6.45, 7) is 0. The van der Waals surface area contributed by atoms with Gasteiger partial charge < -0.3 is 10.2 Å². The van der Waals surface area contributed by atoms with Crippen LogP contribution in [0.25, 0.3) is 0 Å². The topological polar surface area (TPSA) is 112 Å². The Hall–Kier alpha value is -0.920. The first kappa shape index (κ1) is 17.4. The minimum Gasteiger partial charge on any atom is -0.507 e. The van der Waals surface area contributed by atoms with E-state index in [1.807, 2.05) is 0 Å². The number of rotatable bonds is 3. The zero-order valence-electron chi connectivity index (χ0n) is 10.6. The molecule has 0 radical (unpaired) electrons. The third-order valence-electron chi connectivity index (χ3n) is 2.80. The van der Waals surface area contributed by atoms with Crippen molar-refractivity contribution < 1.29 is 28.0 Å². The van der Waals surface area contributed by atoms with E-state index >= 15 is 0 Å². The van der Waals surface area contributed by atoms with Crippen molar-refractivity contribution in [2.24, 2.45) is 0 Å². The number of carbonyl (C=O) groups is 1. The van der Waals surface area contributed by atoms with Crippen LogP contribution in [-0.2, 0) is 10.1 Å². The Morgan fingerprint density at radius 2 is 1.50 bits per heavy atom. The minimum atomic E-state index is -4.72. The van der Waals surface area contributed by atoms with Gasteiger partial charge in [-0.2, -0.15) is 8.42 Å². The summed E-state index contributed by atoms with van der Waals surface area (Å²) in [5.74, 6) is -1.17. The molecule has 0 atom stereocenters. The first-order chi connectivity index (χ1) is 10.1. The van der Waals surface area contributed by atoms with Crippen molar-refractivity contribution >= 4 is 61.1 Å². The summed E-state index contributed by atoms with van der Waals surface area (Å²) >= 11 is 3.29. The van der Waals surface area contributed by atoms with Crippen molar-refractivity contribution in [3.63, 3.8) is 0 Å². The van der Waals surface area contributed by atoms with Crippen LogP contribution in [0.2, 0.25) is 0 Å². The zero-order valence-corrected chi connectivity index (χ0v) is 15.7. The lowest BCUT2D eigenvalue weighted by molar-refractivity contribution is 0.103. The molecule has 2 aromatic carbocycles. The summed E-state index contributed by atoms with van der Waals surface area (Å²) in [6, 6.07) is 6.55. The predicted molar refractivity (Wildman–Crippen MR) is 94.9 cm³/mol. The molecule has 0 aliphatic rings. The molecule has 9 heteroatoms. The number of phenolic OH excluding ortho intramolecular Hbond substituents is 2. The van der Waals surface area contributed by atoms with E-state index in [2.05, 4.69) is 0 Å². The molecule has 0 amide bonds. The molecule has 2 aromatic rings. The predicted octanol–water partition coefficient (Wildman–Crippen LogP) is 2.78. The van der Waals surface area contributed by atoms with Crippen LogP contribution < -0.4 is 0 Å². The molecule has 2 rings (SSSR count). The Bertz CT molecular complexity index is 876. The number of hydrogen-bond donors (Lipinski definition) is 3. The lowest BCUT2D eigenvalue weighted by atomic mass is 10.0. The number of ketones is 1. The van der Waals surface area contributed by atoms with Gasteiger partial charge in [0.25, 0.3) is 10.1 Å². The van der Waals surface area contributed by atoms with Crippen molar-refractivity contribution in [2.45, 2.75) is 4.90 Å². The molecule has 6 nitrogen and oxygen atoms in total. The number of benzene rings is 2. The standard InChI is InChI=1S/C13H8I2O6S/c14-10-6(2-1-3-8(10)16)12(18)7-4-5-9(17)11(15)13(7)22(19,20)21/h1-5,16-17H,(H,19,20,21). The maximum atomic E-state index is 12.6. The van der Waals surface area contributed by atoms with Gasteiger partial charge in [-0.25, -0.2) is 0 Å². The van der Waals surface area contributed by atoms with E-state index in [-0.39, 0.29) is 29.8 Å². The zero-order chi connectivity index (χ0) is 16.7. The second-order valence-electron chi connectivity index (χ2n) is 4.22. The van der Waals surface area contributed by atoms with Crippen molar-refractivity contribution in [3.8, 4) is 11.5 Å². The fraction of sp³-hybridized carbons (Fsp3) is 0. The Balaban J connectivity index is 2.76. The van der Waals surface area contributed by atoms with Crippen LogP contribution in [0.4, 0.5) is 0 Å². The van der Waals surface area contributed by atoms with Gasteiger partial charge in [0.05, 0.1) is 7.14 Å². The summed E-state index contributed by atoms with van der Waals surface area (Å²) in [7, 11) is -4.72. The fourth-order valence-electron chi connectivity index (χ4n) is 1.82. The molecular weight excluding hydrogens is 538 g/mol. The summed E-state index contributed by atoms with van der Waals surface area (Å²) in [4.78, 5) is 11.9. The van der Waals surface area contributed by atoms with Crippen molar-refractivity contribution in [3.05, 3.63) is 48.6 Å². The van der Waals surface area contributed by atoms with Gasteiger partial charge in [-0.3, -0.25) is 9.35 Å². The molecule has 0 aromatic heterocycles. The van der Waals surface area contributed by atoms with Gasteiger partial charge in [0.2, 0.25) is 0 Å². The monoisotopic (exact) mass is 546 g/mol. The van der Waals surface area contributed by atoms with Crippen LogP contribution in [0, 0.1) is 7.14 Å². The molecule has 116 valence electrons. The van der Waals surface area contributed by atoms with Gasteiger partial charge in [0, 0.05) is 11.1 Å². The van der Waals surface area contributed by atoms with E-state index in [4.69, 9.17) is 0 Å². The Morgan fingerprint density at radius 3 is 2.09 bits per heavy atom. The molecule has 0 bridgehead atoms. The van der Waals surface area contributed by atoms with Gasteiger partial charge in [0.15, 0.2) is 5.78 Å². The Labute approximate surface area is 153 Å². The highest BCUT2D eigenvalue weighted by atomic mass is 127. The van der Waals surface area contributed by atoms with Gasteiger partial charge >= 0.3 is 0 Å². The smallest absolute Gasteiger partial charge is 0.296 e. The van der Waals surface area contributed by atoms with Crippen LogP contribution in [0.3, 0.4) is 0 Å². The number of carbonyl (C=O) groups excluding carboxylic acids is 1. The first-order valence-electron chi connectivity index (χ1n) is 5.65. The van der Waals surface area contributed by atoms with Gasteiger partial charge in [0.1, 0.15) is 16.4 Å². The Morgan fingerprint density at radius 1 is 0.909 bits per heavy atom. The largest absolute Gasteiger partial charge is 0.507 e. The molecule has 0 aliphatic heterocycles. The third-order valence-corrected chi connectivity index (χ3v) is 6.33. The van der Waals surface area contributed by atoms with Crippen molar-refractivity contribution in [1.82, 2.24) is 0 Å². The molecule has 0 aliphatic carbocycles. The molecule has 0 fully saturated rings. The third kappa shape index (κ3) is 3.21. The van der Waals surface area contributed by atoms with Gasteiger partial charge in [-0.15, -0.1) is 0 Å². The lowest BCUT2D eigenvalue weighted by Gasteiger charge is -2.11. The Kier molecular flexibility index (Phi) is 4.99. The first-order valence-corrected chi connectivity index (χ1v) is 9.25. The van der Waals surface area contributed by atoms with Gasteiger partial charge in [-0.1, -0.05) is 6.07 Å². The molecule has 22 heavy (non-hydrogen) atoms. The van der Waals surface area contributed by atoms with E-state index in [9.17, 15) is 28.0 Å². The van der Waals surface area contributed by atoms with Crippen LogP contribution in [0.5, 0.6) is 11.5 Å². The van der Waals surface area contributed by atoms with Crippen LogP contribution in [0.1, 0.15) is 15.9 Å². The lowest BCUT2D eigenvalue weighted by Crippen LogP contribution is -2.12. The van der Waals surface area contributed by atoms with E-state index in [0.717, 1.165) is 6.07 Å². The van der Waals surface area contributed by atoms with Crippen molar-refractivity contribution in [1.29, 1.82) is 0 Å². The summed E-state index contributed by atoms with van der Waals surface area (Å²) in [5.41, 5.74) is -0.194. The number of aromatic hydroxyl groups is 2. The normalized spacial score (nSPS) is 11.4. The summed E-state index contributed by atoms with van der Waals surface area (Å²) in [6.07, 6.45) is 0. The molecular formula is C13H8I2O6S. The second kappa shape index (κ2) is 6.29. The van der Waals surface area contributed by atoms with Crippen molar-refractivity contribution in [2.75, 3.05) is 0 Å². The highest BCUT2D eigenvalue weighted by Crippen LogP contribution is 2.33. The summed E-state index contributed by atoms with van der Waals surface area (Å²) < 4.78 is 32.6. The molecule has 0 heterocycles. The number of halogens is 2. The second-order valence-corrected chi connectivity index (χ2v) is 7.73. The maximum Gasteiger partial charge on any atom is 0.296 e. The van der Waals surface area contributed by atoms with Gasteiger partial charge in [-0.05, 0) is 69.4 Å². The maximum absolute atomic E-state index is 12.6. The SMILES string of the molecule is O=C(c1cccc(O)c1I)c1ccc(O)c(I)c1S(=O)(=O)O. The molecule has 0 unspecified atom stereocenters. The molecule has 0 spiro atoms. The number of phenols is 2. The summed E-state index contributed by atoms with van der Waals surface area (Å²) in [5, 5.41) is 19.3. The molecule has 3 N–H and O–H groups in total. The van der Waals surface area contributed by atoms with Crippen LogP contribution >= 0.6 is 45.2 Å². The van der Waals surface area contributed by atoms with E-state index < -0.39 is 20.8 Å².